The molecule has 0 fully saturated rings. The van der Waals surface area contributed by atoms with E-state index in [1.54, 1.807) is 14.2 Å². The summed E-state index contributed by atoms with van der Waals surface area (Å²) in [7, 11) is 4.56. The smallest absolute Gasteiger partial charge is 0.334 e. The van der Waals surface area contributed by atoms with E-state index < -0.39 is 0 Å². The van der Waals surface area contributed by atoms with Crippen molar-refractivity contribution in [2.75, 3.05) is 34.9 Å². The number of ether oxygens (including phenoxy) is 5. The summed E-state index contributed by atoms with van der Waals surface area (Å²) in [5.74, 6) is 1.13. The number of rotatable bonds is 9. The molecule has 0 bridgehead atoms. The van der Waals surface area contributed by atoms with Gasteiger partial charge in [-0.05, 0) is 49.0 Å². The van der Waals surface area contributed by atoms with Crippen LogP contribution in [0.25, 0.3) is 5.57 Å². The van der Waals surface area contributed by atoms with Crippen LogP contribution in [0.1, 0.15) is 37.3 Å². The second-order valence-electron chi connectivity index (χ2n) is 5.72. The van der Waals surface area contributed by atoms with Gasteiger partial charge in [0.2, 0.25) is 0 Å². The van der Waals surface area contributed by atoms with Crippen LogP contribution in [0, 0.1) is 0 Å². The molecule has 0 unspecified atom stereocenters. The van der Waals surface area contributed by atoms with Crippen LogP contribution >= 0.6 is 0 Å². The van der Waals surface area contributed by atoms with Crippen LogP contribution in [0.5, 0.6) is 11.5 Å². The van der Waals surface area contributed by atoms with Crippen LogP contribution in [-0.4, -0.2) is 40.9 Å². The van der Waals surface area contributed by atoms with Crippen molar-refractivity contribution in [3.8, 4) is 11.5 Å². The van der Waals surface area contributed by atoms with Crippen molar-refractivity contribution in [1.82, 2.24) is 0 Å². The van der Waals surface area contributed by atoms with Gasteiger partial charge < -0.3 is 23.7 Å². The van der Waals surface area contributed by atoms with Crippen LogP contribution in [0.2, 0.25) is 0 Å². The largest absolute Gasteiger partial charge is 0.468 e. The van der Waals surface area contributed by atoms with Crippen LogP contribution in [0.15, 0.2) is 17.7 Å². The van der Waals surface area contributed by atoms with Gasteiger partial charge in [0, 0.05) is 25.4 Å². The molecule has 6 nitrogen and oxygen atoms in total. The molecular formula is C19H26O6. The predicted octanol–water partition coefficient (Wildman–Crippen LogP) is 3.32. The van der Waals surface area contributed by atoms with Crippen molar-refractivity contribution in [2.45, 2.75) is 32.6 Å². The molecule has 0 spiro atoms. The zero-order valence-corrected chi connectivity index (χ0v) is 15.3. The van der Waals surface area contributed by atoms with E-state index in [-0.39, 0.29) is 19.6 Å². The summed E-state index contributed by atoms with van der Waals surface area (Å²) in [6, 6.07) is 3.83. The maximum absolute atomic E-state index is 12.1. The molecule has 0 heterocycles. The monoisotopic (exact) mass is 350 g/mol. The van der Waals surface area contributed by atoms with Gasteiger partial charge in [-0.15, -0.1) is 0 Å². The molecule has 1 aromatic carbocycles. The summed E-state index contributed by atoms with van der Waals surface area (Å²) >= 11 is 0. The summed E-state index contributed by atoms with van der Waals surface area (Å²) in [5.41, 5.74) is 3.51. The number of aryl methyl sites for hydroxylation is 1. The fraction of sp³-hybridized carbons (Fsp3) is 0.526. The molecule has 25 heavy (non-hydrogen) atoms. The minimum atomic E-state index is -0.286. The minimum absolute atomic E-state index is 0.138. The van der Waals surface area contributed by atoms with Crippen molar-refractivity contribution in [3.63, 3.8) is 0 Å². The maximum Gasteiger partial charge on any atom is 0.334 e. The third-order valence-corrected chi connectivity index (χ3v) is 4.16. The second kappa shape index (κ2) is 9.44. The summed E-state index contributed by atoms with van der Waals surface area (Å²) in [6.07, 6.45) is 3.17. The second-order valence-corrected chi connectivity index (χ2v) is 5.72. The van der Waals surface area contributed by atoms with Crippen LogP contribution in [0.3, 0.4) is 0 Å². The zero-order chi connectivity index (χ0) is 18.2. The zero-order valence-electron chi connectivity index (χ0n) is 15.3. The minimum Gasteiger partial charge on any atom is -0.468 e. The average Bonchev–Trinajstić information content (AvgIpc) is 3.13. The Kier molecular flexibility index (Phi) is 7.28. The molecule has 6 heteroatoms. The van der Waals surface area contributed by atoms with E-state index in [1.807, 2.05) is 19.1 Å². The van der Waals surface area contributed by atoms with Gasteiger partial charge in [-0.1, -0.05) is 6.92 Å². The summed E-state index contributed by atoms with van der Waals surface area (Å²) in [5, 5.41) is 0. The van der Waals surface area contributed by atoms with E-state index >= 15 is 0 Å². The van der Waals surface area contributed by atoms with Gasteiger partial charge in [0.25, 0.3) is 0 Å². The number of benzene rings is 1. The van der Waals surface area contributed by atoms with Gasteiger partial charge in [0.05, 0.1) is 7.11 Å². The van der Waals surface area contributed by atoms with Crippen LogP contribution < -0.4 is 9.47 Å². The Bertz CT molecular complexity index is 635. The van der Waals surface area contributed by atoms with Gasteiger partial charge in [0.1, 0.15) is 11.5 Å². The standard InChI is InChI=1S/C19H26O6/c1-5-13-9-14(24-11-21-2)10-17(18(13)25-12-22-3)15-7-6-8-16(15)19(20)23-4/h9-10H,5-8,11-12H2,1-4H3. The van der Waals surface area contributed by atoms with Crippen molar-refractivity contribution < 1.29 is 28.5 Å². The van der Waals surface area contributed by atoms with Crippen molar-refractivity contribution in [2.24, 2.45) is 0 Å². The molecule has 0 atom stereocenters. The van der Waals surface area contributed by atoms with E-state index in [9.17, 15) is 4.79 Å². The third kappa shape index (κ3) is 4.52. The number of hydrogen-bond donors (Lipinski definition) is 0. The quantitative estimate of drug-likeness (QED) is 0.503. The highest BCUT2D eigenvalue weighted by atomic mass is 16.7. The average molecular weight is 350 g/mol. The van der Waals surface area contributed by atoms with Crippen molar-refractivity contribution in [3.05, 3.63) is 28.8 Å². The number of carbonyl (C=O) groups excluding carboxylic acids is 1. The number of hydrogen-bond acceptors (Lipinski definition) is 6. The molecule has 138 valence electrons. The first kappa shape index (κ1) is 19.3. The highest BCUT2D eigenvalue weighted by Gasteiger charge is 2.26. The SMILES string of the molecule is CCc1cc(OCOC)cc(C2=C(C(=O)OC)CCC2)c1OCOC. The van der Waals surface area contributed by atoms with Gasteiger partial charge in [-0.2, -0.15) is 0 Å². The molecule has 1 aromatic rings. The lowest BCUT2D eigenvalue weighted by atomic mass is 9.96. The molecule has 0 aliphatic heterocycles. The molecule has 2 rings (SSSR count). The van der Waals surface area contributed by atoms with Crippen LogP contribution in [0.4, 0.5) is 0 Å². The Morgan fingerprint density at radius 2 is 1.76 bits per heavy atom. The van der Waals surface area contributed by atoms with Gasteiger partial charge >= 0.3 is 5.97 Å². The van der Waals surface area contributed by atoms with Crippen molar-refractivity contribution >= 4 is 11.5 Å². The maximum atomic E-state index is 12.1. The lowest BCUT2D eigenvalue weighted by Gasteiger charge is -2.18. The lowest BCUT2D eigenvalue weighted by molar-refractivity contribution is -0.136. The Balaban J connectivity index is 2.56. The van der Waals surface area contributed by atoms with Gasteiger partial charge in [0.15, 0.2) is 13.6 Å². The molecule has 0 N–H and O–H groups in total. The third-order valence-electron chi connectivity index (χ3n) is 4.16. The summed E-state index contributed by atoms with van der Waals surface area (Å²) in [4.78, 5) is 12.1. The van der Waals surface area contributed by atoms with Crippen LogP contribution in [-0.2, 0) is 25.4 Å². The Morgan fingerprint density at radius 1 is 1.04 bits per heavy atom. The number of esters is 1. The van der Waals surface area contributed by atoms with Crippen molar-refractivity contribution in [1.29, 1.82) is 0 Å². The lowest BCUT2D eigenvalue weighted by Crippen LogP contribution is -2.08. The first-order valence-electron chi connectivity index (χ1n) is 8.37. The van der Waals surface area contributed by atoms with E-state index in [0.29, 0.717) is 17.7 Å². The summed E-state index contributed by atoms with van der Waals surface area (Å²) in [6.45, 7) is 2.34. The van der Waals surface area contributed by atoms with E-state index in [4.69, 9.17) is 23.7 Å². The first-order chi connectivity index (χ1) is 12.2. The number of carbonyl (C=O) groups is 1. The molecule has 0 saturated heterocycles. The van der Waals surface area contributed by atoms with E-state index in [1.165, 1.54) is 7.11 Å². The molecule has 0 amide bonds. The predicted molar refractivity (Wildman–Crippen MR) is 93.6 cm³/mol. The first-order valence-corrected chi connectivity index (χ1v) is 8.37. The molecular weight excluding hydrogens is 324 g/mol. The fourth-order valence-electron chi connectivity index (χ4n) is 3.03. The molecule has 1 aliphatic rings. The molecule has 0 saturated carbocycles. The van der Waals surface area contributed by atoms with E-state index in [0.717, 1.165) is 41.7 Å². The number of methoxy groups -OCH3 is 3. The highest BCUT2D eigenvalue weighted by molar-refractivity contribution is 5.99. The van der Waals surface area contributed by atoms with E-state index in [2.05, 4.69) is 0 Å². The molecule has 1 aliphatic carbocycles. The normalized spacial score (nSPS) is 13.9. The Labute approximate surface area is 148 Å². The topological polar surface area (TPSA) is 63.2 Å². The summed E-state index contributed by atoms with van der Waals surface area (Å²) < 4.78 is 26.5. The highest BCUT2D eigenvalue weighted by Crippen LogP contribution is 2.42. The number of allylic oxidation sites excluding steroid dienone is 1. The van der Waals surface area contributed by atoms with Gasteiger partial charge in [-0.3, -0.25) is 0 Å². The van der Waals surface area contributed by atoms with Gasteiger partial charge in [-0.25, -0.2) is 4.79 Å². The Hall–Kier alpha value is -2.05. The molecule has 0 radical (unpaired) electrons. The Morgan fingerprint density at radius 3 is 2.40 bits per heavy atom. The fourth-order valence-corrected chi connectivity index (χ4v) is 3.03. The molecule has 0 aromatic heterocycles.